The van der Waals surface area contributed by atoms with E-state index < -0.39 is 0 Å². The SMILES string of the molecule is CC(=O)N(CC(=O)NCCc1ccc(Cl)cc1Cl)C1CC1. The minimum Gasteiger partial charge on any atom is -0.354 e. The van der Waals surface area contributed by atoms with E-state index in [2.05, 4.69) is 5.32 Å². The topological polar surface area (TPSA) is 49.4 Å². The van der Waals surface area contributed by atoms with Crippen molar-refractivity contribution in [2.24, 2.45) is 0 Å². The molecule has 0 saturated heterocycles. The van der Waals surface area contributed by atoms with Gasteiger partial charge in [0.2, 0.25) is 11.8 Å². The Labute approximate surface area is 134 Å². The van der Waals surface area contributed by atoms with Crippen molar-refractivity contribution in [3.8, 4) is 0 Å². The van der Waals surface area contributed by atoms with Crippen LogP contribution >= 0.6 is 23.2 Å². The summed E-state index contributed by atoms with van der Waals surface area (Å²) in [7, 11) is 0. The highest BCUT2D eigenvalue weighted by molar-refractivity contribution is 6.35. The molecule has 0 bridgehead atoms. The second-order valence-corrected chi connectivity index (χ2v) is 6.06. The Bertz CT molecular complexity index is 544. The number of nitrogens with zero attached hydrogens (tertiary/aromatic N) is 1. The molecule has 1 saturated carbocycles. The first kappa shape index (κ1) is 16.1. The maximum atomic E-state index is 11.9. The average molecular weight is 329 g/mol. The first-order chi connectivity index (χ1) is 9.97. The highest BCUT2D eigenvalue weighted by atomic mass is 35.5. The van der Waals surface area contributed by atoms with Gasteiger partial charge in [0.05, 0.1) is 6.54 Å². The van der Waals surface area contributed by atoms with Gasteiger partial charge < -0.3 is 10.2 Å². The number of rotatable bonds is 6. The first-order valence-electron chi connectivity index (χ1n) is 6.95. The van der Waals surface area contributed by atoms with Crippen LogP contribution in [0.1, 0.15) is 25.3 Å². The molecule has 1 aliphatic rings. The maximum absolute atomic E-state index is 11.9. The molecule has 0 spiro atoms. The minimum absolute atomic E-state index is 0.0478. The molecule has 114 valence electrons. The molecular formula is C15H18Cl2N2O2. The van der Waals surface area contributed by atoms with Crippen molar-refractivity contribution >= 4 is 35.0 Å². The van der Waals surface area contributed by atoms with Crippen LogP contribution < -0.4 is 5.32 Å². The van der Waals surface area contributed by atoms with E-state index in [1.165, 1.54) is 6.92 Å². The largest absolute Gasteiger partial charge is 0.354 e. The van der Waals surface area contributed by atoms with Crippen LogP contribution in [0, 0.1) is 0 Å². The van der Waals surface area contributed by atoms with Gasteiger partial charge in [0, 0.05) is 29.6 Å². The zero-order valence-electron chi connectivity index (χ0n) is 11.9. The van der Waals surface area contributed by atoms with Gasteiger partial charge in [0.25, 0.3) is 0 Å². The third-order valence-corrected chi connectivity index (χ3v) is 4.02. The van der Waals surface area contributed by atoms with Gasteiger partial charge in [-0.15, -0.1) is 0 Å². The van der Waals surface area contributed by atoms with E-state index in [0.717, 1.165) is 18.4 Å². The molecule has 21 heavy (non-hydrogen) atoms. The van der Waals surface area contributed by atoms with E-state index in [1.54, 1.807) is 17.0 Å². The second kappa shape index (κ2) is 7.14. The van der Waals surface area contributed by atoms with Crippen molar-refractivity contribution in [3.63, 3.8) is 0 Å². The third-order valence-electron chi connectivity index (χ3n) is 3.44. The lowest BCUT2D eigenvalue weighted by Crippen LogP contribution is -2.41. The van der Waals surface area contributed by atoms with Gasteiger partial charge in [-0.3, -0.25) is 9.59 Å². The standard InChI is InChI=1S/C15H18Cl2N2O2/c1-10(20)19(13-4-5-13)9-15(21)18-7-6-11-2-3-12(16)8-14(11)17/h2-3,8,13H,4-7,9H2,1H3,(H,18,21). The predicted octanol–water partition coefficient (Wildman–Crippen LogP) is 2.66. The number of carbonyl (C=O) groups excluding carboxylic acids is 2. The molecule has 4 nitrogen and oxygen atoms in total. The number of carbonyl (C=O) groups is 2. The molecule has 0 heterocycles. The van der Waals surface area contributed by atoms with Gasteiger partial charge in [-0.2, -0.15) is 0 Å². The highest BCUT2D eigenvalue weighted by Crippen LogP contribution is 2.26. The molecule has 2 amide bonds. The molecule has 1 fully saturated rings. The van der Waals surface area contributed by atoms with Gasteiger partial charge in [-0.05, 0) is 37.0 Å². The lowest BCUT2D eigenvalue weighted by molar-refractivity contribution is -0.134. The van der Waals surface area contributed by atoms with Gasteiger partial charge in [-0.1, -0.05) is 29.3 Å². The van der Waals surface area contributed by atoms with Crippen molar-refractivity contribution < 1.29 is 9.59 Å². The normalized spacial score (nSPS) is 13.9. The summed E-state index contributed by atoms with van der Waals surface area (Å²) in [4.78, 5) is 24.9. The summed E-state index contributed by atoms with van der Waals surface area (Å²) in [5, 5.41) is 4.01. The third kappa shape index (κ3) is 4.90. The Kier molecular flexibility index (Phi) is 5.48. The molecule has 1 aromatic rings. The van der Waals surface area contributed by atoms with Crippen LogP contribution in [0.5, 0.6) is 0 Å². The van der Waals surface area contributed by atoms with Crippen LogP contribution in [0.15, 0.2) is 18.2 Å². The average Bonchev–Trinajstić information content (AvgIpc) is 3.22. The predicted molar refractivity (Wildman–Crippen MR) is 83.6 cm³/mol. The molecule has 1 aromatic carbocycles. The number of halogens is 2. The lowest BCUT2D eigenvalue weighted by atomic mass is 10.1. The molecule has 0 aliphatic heterocycles. The van der Waals surface area contributed by atoms with Crippen LogP contribution in [-0.2, 0) is 16.0 Å². The Morgan fingerprint density at radius 2 is 2.05 bits per heavy atom. The second-order valence-electron chi connectivity index (χ2n) is 5.21. The smallest absolute Gasteiger partial charge is 0.239 e. The fourth-order valence-electron chi connectivity index (χ4n) is 2.16. The summed E-state index contributed by atoms with van der Waals surface area (Å²) >= 11 is 11.9. The van der Waals surface area contributed by atoms with Gasteiger partial charge in [0.15, 0.2) is 0 Å². The molecular weight excluding hydrogens is 311 g/mol. The van der Waals surface area contributed by atoms with Gasteiger partial charge >= 0.3 is 0 Å². The molecule has 2 rings (SSSR count). The zero-order chi connectivity index (χ0) is 15.4. The lowest BCUT2D eigenvalue weighted by Gasteiger charge is -2.19. The fourth-order valence-corrected chi connectivity index (χ4v) is 2.66. The molecule has 0 aromatic heterocycles. The fraction of sp³-hybridized carbons (Fsp3) is 0.467. The quantitative estimate of drug-likeness (QED) is 0.872. The number of hydrogen-bond acceptors (Lipinski definition) is 2. The molecule has 1 N–H and O–H groups in total. The van der Waals surface area contributed by atoms with E-state index in [1.807, 2.05) is 6.07 Å². The Morgan fingerprint density at radius 1 is 1.33 bits per heavy atom. The summed E-state index contributed by atoms with van der Waals surface area (Å²) in [6.45, 7) is 2.12. The molecule has 6 heteroatoms. The summed E-state index contributed by atoms with van der Waals surface area (Å²) in [5.41, 5.74) is 0.937. The van der Waals surface area contributed by atoms with Gasteiger partial charge in [-0.25, -0.2) is 0 Å². The summed E-state index contributed by atoms with van der Waals surface area (Å²) in [5.74, 6) is -0.185. The van der Waals surface area contributed by atoms with Crippen molar-refractivity contribution in [2.75, 3.05) is 13.1 Å². The molecule has 0 radical (unpaired) electrons. The number of nitrogens with one attached hydrogen (secondary N) is 1. The van der Waals surface area contributed by atoms with Crippen LogP contribution in [0.4, 0.5) is 0 Å². The van der Waals surface area contributed by atoms with E-state index in [-0.39, 0.29) is 24.4 Å². The van der Waals surface area contributed by atoms with Crippen molar-refractivity contribution in [1.29, 1.82) is 0 Å². The minimum atomic E-state index is -0.137. The molecule has 1 aliphatic carbocycles. The summed E-state index contributed by atoms with van der Waals surface area (Å²) < 4.78 is 0. The van der Waals surface area contributed by atoms with E-state index in [4.69, 9.17) is 23.2 Å². The monoisotopic (exact) mass is 328 g/mol. The van der Waals surface area contributed by atoms with E-state index in [9.17, 15) is 9.59 Å². The van der Waals surface area contributed by atoms with Crippen molar-refractivity contribution in [2.45, 2.75) is 32.2 Å². The molecule has 0 atom stereocenters. The van der Waals surface area contributed by atoms with Crippen LogP contribution in [0.3, 0.4) is 0 Å². The number of benzene rings is 1. The molecule has 0 unspecified atom stereocenters. The Hall–Kier alpha value is -1.26. The van der Waals surface area contributed by atoms with Crippen LogP contribution in [0.2, 0.25) is 10.0 Å². The van der Waals surface area contributed by atoms with E-state index in [0.29, 0.717) is 23.0 Å². The summed E-state index contributed by atoms with van der Waals surface area (Å²) in [6.07, 6.45) is 2.62. The Morgan fingerprint density at radius 3 is 2.62 bits per heavy atom. The zero-order valence-corrected chi connectivity index (χ0v) is 13.4. The maximum Gasteiger partial charge on any atom is 0.239 e. The first-order valence-corrected chi connectivity index (χ1v) is 7.71. The van der Waals surface area contributed by atoms with Crippen LogP contribution in [-0.4, -0.2) is 35.8 Å². The highest BCUT2D eigenvalue weighted by Gasteiger charge is 2.31. The van der Waals surface area contributed by atoms with Crippen LogP contribution in [0.25, 0.3) is 0 Å². The van der Waals surface area contributed by atoms with E-state index >= 15 is 0 Å². The van der Waals surface area contributed by atoms with Crippen molar-refractivity contribution in [3.05, 3.63) is 33.8 Å². The number of amides is 2. The summed E-state index contributed by atoms with van der Waals surface area (Å²) in [6, 6.07) is 5.56. The number of hydrogen-bond donors (Lipinski definition) is 1. The van der Waals surface area contributed by atoms with Crippen molar-refractivity contribution in [1.82, 2.24) is 10.2 Å². The Balaban J connectivity index is 1.77. The van der Waals surface area contributed by atoms with Gasteiger partial charge in [0.1, 0.15) is 0 Å².